The lowest BCUT2D eigenvalue weighted by molar-refractivity contribution is 0.0741. The summed E-state index contributed by atoms with van der Waals surface area (Å²) in [5.74, 6) is -1.52. The largest absolute Gasteiger partial charge is 0.353 e. The highest BCUT2D eigenvalue weighted by atomic mass is 19.1. The number of anilines is 2. The molecule has 0 bridgehead atoms. The topological polar surface area (TPSA) is 65.5 Å². The van der Waals surface area contributed by atoms with E-state index in [0.29, 0.717) is 43.5 Å². The Kier molecular flexibility index (Phi) is 6.11. The first-order chi connectivity index (χ1) is 15.4. The third-order valence-electron chi connectivity index (χ3n) is 5.37. The van der Waals surface area contributed by atoms with Crippen molar-refractivity contribution in [1.82, 2.24) is 9.88 Å². The van der Waals surface area contributed by atoms with E-state index < -0.39 is 17.5 Å². The van der Waals surface area contributed by atoms with Crippen molar-refractivity contribution in [2.24, 2.45) is 0 Å². The molecule has 2 heterocycles. The molecule has 1 N–H and O–H groups in total. The lowest BCUT2D eigenvalue weighted by Crippen LogP contribution is -2.49. The molecule has 1 aliphatic rings. The fourth-order valence-electron chi connectivity index (χ4n) is 3.53. The minimum Gasteiger partial charge on any atom is -0.353 e. The van der Waals surface area contributed by atoms with E-state index >= 15 is 0 Å². The summed E-state index contributed by atoms with van der Waals surface area (Å²) in [4.78, 5) is 32.9. The number of nitrogens with zero attached hydrogens (tertiary/aromatic N) is 3. The molecule has 0 aliphatic carbocycles. The van der Waals surface area contributed by atoms with Gasteiger partial charge < -0.3 is 15.1 Å². The molecule has 0 spiro atoms. The molecule has 0 radical (unpaired) electrons. The third kappa shape index (κ3) is 4.74. The normalized spacial score (nSPS) is 13.7. The van der Waals surface area contributed by atoms with Gasteiger partial charge in [0.2, 0.25) is 0 Å². The number of carbonyl (C=O) groups is 2. The number of amides is 2. The monoisotopic (exact) mass is 436 g/mol. The molecule has 0 saturated carbocycles. The fourth-order valence-corrected chi connectivity index (χ4v) is 3.53. The SMILES string of the molecule is Cc1ccc(C(=O)Nc2ccc(N3CCN(C(=O)c4ccc(F)cc4F)CC3)nc2)cc1. The first kappa shape index (κ1) is 21.4. The van der Waals surface area contributed by atoms with Crippen LogP contribution < -0.4 is 10.2 Å². The predicted octanol–water partition coefficient (Wildman–Crippen LogP) is 3.88. The van der Waals surface area contributed by atoms with E-state index in [1.807, 2.05) is 30.0 Å². The summed E-state index contributed by atoms with van der Waals surface area (Å²) in [6.07, 6.45) is 1.59. The Balaban J connectivity index is 1.34. The van der Waals surface area contributed by atoms with E-state index in [1.165, 1.54) is 6.07 Å². The molecule has 164 valence electrons. The molecule has 1 aromatic heterocycles. The predicted molar refractivity (Wildman–Crippen MR) is 118 cm³/mol. The second kappa shape index (κ2) is 9.13. The summed E-state index contributed by atoms with van der Waals surface area (Å²) >= 11 is 0. The molecule has 2 amide bonds. The average Bonchev–Trinajstić information content (AvgIpc) is 2.80. The van der Waals surface area contributed by atoms with Gasteiger partial charge in [-0.3, -0.25) is 9.59 Å². The van der Waals surface area contributed by atoms with Gasteiger partial charge in [-0.05, 0) is 43.3 Å². The number of aromatic nitrogens is 1. The van der Waals surface area contributed by atoms with Gasteiger partial charge in [0.1, 0.15) is 17.5 Å². The Morgan fingerprint density at radius 1 is 0.938 bits per heavy atom. The molecule has 32 heavy (non-hydrogen) atoms. The van der Waals surface area contributed by atoms with E-state index in [-0.39, 0.29) is 11.5 Å². The fraction of sp³-hybridized carbons (Fsp3) is 0.208. The number of benzene rings is 2. The zero-order valence-electron chi connectivity index (χ0n) is 17.5. The van der Waals surface area contributed by atoms with Crippen LogP contribution in [0.2, 0.25) is 0 Å². The highest BCUT2D eigenvalue weighted by Gasteiger charge is 2.25. The third-order valence-corrected chi connectivity index (χ3v) is 5.37. The van der Waals surface area contributed by atoms with Gasteiger partial charge >= 0.3 is 0 Å². The number of halogens is 2. The van der Waals surface area contributed by atoms with Gasteiger partial charge in [0, 0.05) is 37.8 Å². The molecular formula is C24H22F2N4O2. The van der Waals surface area contributed by atoms with Crippen molar-refractivity contribution in [3.05, 3.63) is 89.1 Å². The van der Waals surface area contributed by atoms with Crippen LogP contribution >= 0.6 is 0 Å². The molecular weight excluding hydrogens is 414 g/mol. The zero-order valence-corrected chi connectivity index (χ0v) is 17.5. The summed E-state index contributed by atoms with van der Waals surface area (Å²) in [7, 11) is 0. The lowest BCUT2D eigenvalue weighted by atomic mass is 10.1. The first-order valence-electron chi connectivity index (χ1n) is 10.2. The molecule has 1 aliphatic heterocycles. The van der Waals surface area contributed by atoms with Crippen LogP contribution in [0.25, 0.3) is 0 Å². The van der Waals surface area contributed by atoms with Gasteiger partial charge in [0.15, 0.2) is 0 Å². The summed E-state index contributed by atoms with van der Waals surface area (Å²) in [6.45, 7) is 3.79. The molecule has 1 saturated heterocycles. The van der Waals surface area contributed by atoms with Gasteiger partial charge in [-0.25, -0.2) is 13.8 Å². The molecule has 8 heteroatoms. The van der Waals surface area contributed by atoms with Crippen molar-refractivity contribution in [2.75, 3.05) is 36.4 Å². The molecule has 0 atom stereocenters. The minimum atomic E-state index is -0.859. The molecule has 0 unspecified atom stereocenters. The van der Waals surface area contributed by atoms with Crippen LogP contribution in [0.1, 0.15) is 26.3 Å². The van der Waals surface area contributed by atoms with Gasteiger partial charge in [0.05, 0.1) is 17.4 Å². The van der Waals surface area contributed by atoms with Crippen LogP contribution in [-0.4, -0.2) is 47.9 Å². The Morgan fingerprint density at radius 3 is 2.28 bits per heavy atom. The van der Waals surface area contributed by atoms with Crippen molar-refractivity contribution in [2.45, 2.75) is 6.92 Å². The maximum atomic E-state index is 13.9. The van der Waals surface area contributed by atoms with Crippen molar-refractivity contribution in [3.63, 3.8) is 0 Å². The zero-order chi connectivity index (χ0) is 22.7. The van der Waals surface area contributed by atoms with Crippen LogP contribution in [-0.2, 0) is 0 Å². The first-order valence-corrected chi connectivity index (χ1v) is 10.2. The quantitative estimate of drug-likeness (QED) is 0.674. The molecule has 3 aromatic rings. The number of carbonyl (C=O) groups excluding carboxylic acids is 2. The summed E-state index contributed by atoms with van der Waals surface area (Å²) in [6, 6.07) is 13.8. The summed E-state index contributed by atoms with van der Waals surface area (Å²) < 4.78 is 27.0. The van der Waals surface area contributed by atoms with E-state index in [0.717, 1.165) is 17.4 Å². The van der Waals surface area contributed by atoms with Crippen molar-refractivity contribution in [3.8, 4) is 0 Å². The van der Waals surface area contributed by atoms with Crippen LogP contribution in [0.4, 0.5) is 20.3 Å². The molecule has 4 rings (SSSR count). The lowest BCUT2D eigenvalue weighted by Gasteiger charge is -2.35. The minimum absolute atomic E-state index is 0.133. The van der Waals surface area contributed by atoms with Crippen LogP contribution in [0.15, 0.2) is 60.8 Å². The van der Waals surface area contributed by atoms with Crippen molar-refractivity contribution >= 4 is 23.3 Å². The van der Waals surface area contributed by atoms with Crippen LogP contribution in [0.5, 0.6) is 0 Å². The maximum Gasteiger partial charge on any atom is 0.256 e. The Labute approximate surface area is 184 Å². The van der Waals surface area contributed by atoms with E-state index in [4.69, 9.17) is 0 Å². The Bertz CT molecular complexity index is 1130. The number of rotatable bonds is 4. The highest BCUT2D eigenvalue weighted by molar-refractivity contribution is 6.04. The summed E-state index contributed by atoms with van der Waals surface area (Å²) in [5, 5.41) is 2.82. The highest BCUT2D eigenvalue weighted by Crippen LogP contribution is 2.19. The smallest absolute Gasteiger partial charge is 0.256 e. The maximum absolute atomic E-state index is 13.9. The second-order valence-electron chi connectivity index (χ2n) is 7.63. The van der Waals surface area contributed by atoms with E-state index in [9.17, 15) is 18.4 Å². The second-order valence-corrected chi connectivity index (χ2v) is 7.63. The Hall–Kier alpha value is -3.81. The van der Waals surface area contributed by atoms with Gasteiger partial charge in [0.25, 0.3) is 11.8 Å². The molecule has 2 aromatic carbocycles. The van der Waals surface area contributed by atoms with E-state index in [1.54, 1.807) is 29.3 Å². The van der Waals surface area contributed by atoms with Crippen LogP contribution in [0.3, 0.4) is 0 Å². The average molecular weight is 436 g/mol. The van der Waals surface area contributed by atoms with Gasteiger partial charge in [-0.1, -0.05) is 17.7 Å². The van der Waals surface area contributed by atoms with Crippen molar-refractivity contribution < 1.29 is 18.4 Å². The number of piperazine rings is 1. The molecule has 1 fully saturated rings. The summed E-state index contributed by atoms with van der Waals surface area (Å²) in [5.41, 5.74) is 2.10. The van der Waals surface area contributed by atoms with Crippen molar-refractivity contribution in [1.29, 1.82) is 0 Å². The van der Waals surface area contributed by atoms with E-state index in [2.05, 4.69) is 10.3 Å². The number of hydrogen-bond donors (Lipinski definition) is 1. The number of hydrogen-bond acceptors (Lipinski definition) is 4. The number of nitrogens with one attached hydrogen (secondary N) is 1. The molecule has 6 nitrogen and oxygen atoms in total. The standard InChI is InChI=1S/C24H22F2N4O2/c1-16-2-4-17(5-3-16)23(31)28-19-7-9-22(27-15-19)29-10-12-30(13-11-29)24(32)20-8-6-18(25)14-21(20)26/h2-9,14-15H,10-13H2,1H3,(H,28,31). The van der Waals surface area contributed by atoms with Crippen LogP contribution in [0, 0.1) is 18.6 Å². The Morgan fingerprint density at radius 2 is 1.66 bits per heavy atom. The number of pyridine rings is 1. The van der Waals surface area contributed by atoms with Gasteiger partial charge in [-0.2, -0.15) is 0 Å². The number of aryl methyl sites for hydroxylation is 1. The van der Waals surface area contributed by atoms with Gasteiger partial charge in [-0.15, -0.1) is 0 Å².